The first-order valence-electron chi connectivity index (χ1n) is 11.6. The fourth-order valence-electron chi connectivity index (χ4n) is 3.89. The third-order valence-corrected chi connectivity index (χ3v) is 5.56. The number of aromatic nitrogens is 1. The minimum absolute atomic E-state index is 0. The summed E-state index contributed by atoms with van der Waals surface area (Å²) < 4.78 is 0. The summed E-state index contributed by atoms with van der Waals surface area (Å²) >= 11 is 0. The van der Waals surface area contributed by atoms with E-state index in [9.17, 15) is 0 Å². The van der Waals surface area contributed by atoms with Gasteiger partial charge in [0.2, 0.25) is 0 Å². The van der Waals surface area contributed by atoms with E-state index >= 15 is 0 Å². The van der Waals surface area contributed by atoms with E-state index in [1.807, 2.05) is 12.1 Å². The van der Waals surface area contributed by atoms with Crippen LogP contribution < -0.4 is 0 Å². The van der Waals surface area contributed by atoms with Crippen LogP contribution in [-0.2, 0) is 19.5 Å². The van der Waals surface area contributed by atoms with E-state index in [0.717, 1.165) is 49.0 Å². The predicted molar refractivity (Wildman–Crippen MR) is 132 cm³/mol. The molecule has 0 aromatic carbocycles. The van der Waals surface area contributed by atoms with Gasteiger partial charge in [0, 0.05) is 56.7 Å². The molecule has 1 heterocycles. The van der Waals surface area contributed by atoms with Crippen molar-refractivity contribution in [2.24, 2.45) is 9.98 Å². The molecule has 0 saturated heterocycles. The number of rotatable bonds is 12. The molecule has 1 aromatic rings. The molecule has 0 unspecified atom stereocenters. The van der Waals surface area contributed by atoms with Gasteiger partial charge in [-0.05, 0) is 81.4 Å². The summed E-state index contributed by atoms with van der Waals surface area (Å²) in [6, 6.07) is 8.26. The Labute approximate surface area is 204 Å². The molecule has 0 aliphatic rings. The quantitative estimate of drug-likeness (QED) is 0.291. The maximum Gasteiger partial charge on any atom is 0.0845 e. The Bertz CT molecular complexity index is 624. The third kappa shape index (κ3) is 10.5. The minimum Gasteiger partial charge on any atom is -0.297 e. The molecule has 0 atom stereocenters. The summed E-state index contributed by atoms with van der Waals surface area (Å²) in [4.78, 5) is 19.3. The Morgan fingerprint density at radius 2 is 1.03 bits per heavy atom. The van der Waals surface area contributed by atoms with Gasteiger partial charge in [-0.15, -0.1) is 0 Å². The van der Waals surface area contributed by atoms with Gasteiger partial charge in [-0.25, -0.2) is 4.98 Å². The van der Waals surface area contributed by atoms with E-state index < -0.39 is 0 Å². The smallest absolute Gasteiger partial charge is 0.0845 e. The topological polar surface area (TPSA) is 44.1 Å². The molecule has 0 amide bonds. The summed E-state index contributed by atoms with van der Waals surface area (Å²) in [5, 5.41) is 0. The van der Waals surface area contributed by atoms with Gasteiger partial charge in [0.15, 0.2) is 0 Å². The first-order chi connectivity index (χ1) is 14.0. The van der Waals surface area contributed by atoms with Crippen LogP contribution in [0.1, 0.15) is 80.6 Å². The SMILES string of the molecule is CC(=NCCN(C(C)C)C(C)C)c1cccc(C(C)=NCCN(C(C)C)C(C)C)n1.[Rh]. The van der Waals surface area contributed by atoms with E-state index in [1.165, 1.54) is 0 Å². The average molecular weight is 519 g/mol. The molecular formula is C25H45N5Rh. The zero-order valence-electron chi connectivity index (χ0n) is 21.4. The number of aliphatic imine (C=N–C) groups is 2. The number of hydrogen-bond acceptors (Lipinski definition) is 5. The van der Waals surface area contributed by atoms with Crippen LogP contribution in [0.25, 0.3) is 0 Å². The largest absolute Gasteiger partial charge is 0.297 e. The van der Waals surface area contributed by atoms with Gasteiger partial charge in [-0.1, -0.05) is 6.07 Å². The minimum atomic E-state index is 0. The number of hydrogen-bond donors (Lipinski definition) is 0. The second kappa shape index (κ2) is 15.0. The molecule has 1 rings (SSSR count). The fraction of sp³-hybridized carbons (Fsp3) is 0.720. The van der Waals surface area contributed by atoms with Crippen molar-refractivity contribution in [1.29, 1.82) is 0 Å². The first kappa shape index (κ1) is 30.0. The van der Waals surface area contributed by atoms with Crippen molar-refractivity contribution in [1.82, 2.24) is 14.8 Å². The Morgan fingerprint density at radius 1 is 0.710 bits per heavy atom. The van der Waals surface area contributed by atoms with Crippen LogP contribution in [0.5, 0.6) is 0 Å². The zero-order chi connectivity index (χ0) is 22.8. The Balaban J connectivity index is 0.00000900. The van der Waals surface area contributed by atoms with Gasteiger partial charge in [0.05, 0.1) is 35.9 Å². The fourth-order valence-corrected chi connectivity index (χ4v) is 3.89. The molecule has 0 aliphatic carbocycles. The van der Waals surface area contributed by atoms with Gasteiger partial charge >= 0.3 is 0 Å². The van der Waals surface area contributed by atoms with Crippen molar-refractivity contribution in [3.8, 4) is 0 Å². The molecule has 0 N–H and O–H groups in total. The van der Waals surface area contributed by atoms with Crippen molar-refractivity contribution in [3.05, 3.63) is 29.6 Å². The summed E-state index contributed by atoms with van der Waals surface area (Å²) in [5.74, 6) is 0. The summed E-state index contributed by atoms with van der Waals surface area (Å²) in [6.07, 6.45) is 0. The number of nitrogens with zero attached hydrogens (tertiary/aromatic N) is 5. The van der Waals surface area contributed by atoms with Gasteiger partial charge < -0.3 is 0 Å². The van der Waals surface area contributed by atoms with Gasteiger partial charge in [-0.3, -0.25) is 19.8 Å². The predicted octanol–water partition coefficient (Wildman–Crippen LogP) is 4.93. The van der Waals surface area contributed by atoms with Crippen molar-refractivity contribution in [3.63, 3.8) is 0 Å². The van der Waals surface area contributed by atoms with E-state index in [4.69, 9.17) is 15.0 Å². The Hall–Kier alpha value is -0.967. The van der Waals surface area contributed by atoms with Gasteiger partial charge in [0.25, 0.3) is 0 Å². The maximum absolute atomic E-state index is 4.82. The molecule has 5 nitrogen and oxygen atoms in total. The normalized spacial score (nSPS) is 13.3. The van der Waals surface area contributed by atoms with E-state index in [2.05, 4.69) is 85.1 Å². The monoisotopic (exact) mass is 518 g/mol. The van der Waals surface area contributed by atoms with Gasteiger partial charge in [0.1, 0.15) is 0 Å². The molecule has 1 radical (unpaired) electrons. The van der Waals surface area contributed by atoms with Crippen LogP contribution in [0.2, 0.25) is 0 Å². The van der Waals surface area contributed by atoms with Gasteiger partial charge in [-0.2, -0.15) is 0 Å². The average Bonchev–Trinajstić information content (AvgIpc) is 2.66. The molecule has 0 spiro atoms. The van der Waals surface area contributed by atoms with Crippen LogP contribution in [0.15, 0.2) is 28.2 Å². The summed E-state index contributed by atoms with van der Waals surface area (Å²) in [5.41, 5.74) is 3.85. The van der Waals surface area contributed by atoms with Crippen molar-refractivity contribution < 1.29 is 19.5 Å². The maximum atomic E-state index is 4.82. The van der Waals surface area contributed by atoms with Crippen molar-refractivity contribution >= 4 is 11.4 Å². The molecule has 0 aliphatic heterocycles. The molecule has 6 heteroatoms. The van der Waals surface area contributed by atoms with E-state index in [0.29, 0.717) is 24.2 Å². The van der Waals surface area contributed by atoms with Crippen LogP contribution >= 0.6 is 0 Å². The van der Waals surface area contributed by atoms with Crippen molar-refractivity contribution in [2.75, 3.05) is 26.2 Å². The molecule has 1 aromatic heterocycles. The summed E-state index contributed by atoms with van der Waals surface area (Å²) in [6.45, 7) is 25.6. The van der Waals surface area contributed by atoms with E-state index in [-0.39, 0.29) is 19.5 Å². The number of pyridine rings is 1. The standard InChI is InChI=1S/C25H45N5.Rh/c1-18(2)29(19(3)4)16-14-26-22(9)24-12-11-13-25(28-24)23(10)27-15-17-30(20(5)6)21(7)8;/h11-13,18-21H,14-17H2,1-10H3;. The second-order valence-electron chi connectivity index (χ2n) is 9.19. The third-order valence-electron chi connectivity index (χ3n) is 5.56. The molecular weight excluding hydrogens is 473 g/mol. The summed E-state index contributed by atoms with van der Waals surface area (Å²) in [7, 11) is 0. The molecule has 0 fully saturated rings. The van der Waals surface area contributed by atoms with Crippen molar-refractivity contribution in [2.45, 2.75) is 93.4 Å². The Morgan fingerprint density at radius 3 is 1.32 bits per heavy atom. The first-order valence-corrected chi connectivity index (χ1v) is 11.6. The van der Waals surface area contributed by atoms with Crippen LogP contribution in [0.4, 0.5) is 0 Å². The van der Waals surface area contributed by atoms with Crippen LogP contribution in [0, 0.1) is 0 Å². The van der Waals surface area contributed by atoms with Crippen LogP contribution in [-0.4, -0.2) is 76.6 Å². The molecule has 0 bridgehead atoms. The van der Waals surface area contributed by atoms with E-state index in [1.54, 1.807) is 0 Å². The molecule has 31 heavy (non-hydrogen) atoms. The molecule has 179 valence electrons. The van der Waals surface area contributed by atoms with Crippen LogP contribution in [0.3, 0.4) is 0 Å². The molecule has 0 saturated carbocycles. The zero-order valence-corrected chi connectivity index (χ0v) is 23.1. The second-order valence-corrected chi connectivity index (χ2v) is 9.19. The Kier molecular flexibility index (Phi) is 14.5.